The quantitative estimate of drug-likeness (QED) is 0.704. The molecule has 0 aliphatic heterocycles. The van der Waals surface area contributed by atoms with Crippen LogP contribution >= 0.6 is 11.3 Å². The molecule has 0 radical (unpaired) electrons. The summed E-state index contributed by atoms with van der Waals surface area (Å²) < 4.78 is 0. The second-order valence-corrected chi connectivity index (χ2v) is 7.79. The maximum Gasteiger partial charge on any atom is 0.280 e. The first kappa shape index (κ1) is 20.2. The minimum absolute atomic E-state index is 0.0748. The van der Waals surface area contributed by atoms with Crippen LogP contribution in [0.2, 0.25) is 0 Å². The highest BCUT2D eigenvalue weighted by atomic mass is 32.1. The maximum atomic E-state index is 12.3. The van der Waals surface area contributed by atoms with Crippen molar-refractivity contribution >= 4 is 22.2 Å². The van der Waals surface area contributed by atoms with Crippen LogP contribution in [0.25, 0.3) is 0 Å². The standard InChI is InChI=1S/C21H27N3OS/c1-4-5-6-16-7-9-17(10-8-16)20(15(2)3)23-14-19(25)24-21-18(13-22)11-12-26-21/h7-12,15,20,23H,4-6,14H2,1-3H3,(H,24,25)/p+1/t20-/m0/s1. The van der Waals surface area contributed by atoms with Crippen molar-refractivity contribution in [1.82, 2.24) is 0 Å². The molecule has 1 heterocycles. The number of carbonyl (C=O) groups is 1. The van der Waals surface area contributed by atoms with Crippen LogP contribution in [0.3, 0.4) is 0 Å². The molecule has 0 aliphatic rings. The SMILES string of the molecule is CCCCc1ccc([C@@H]([NH2+]CC(=O)Nc2sccc2C#N)C(C)C)cc1. The Labute approximate surface area is 160 Å². The van der Waals surface area contributed by atoms with Gasteiger partial charge in [-0.3, -0.25) is 4.79 Å². The van der Waals surface area contributed by atoms with E-state index in [2.05, 4.69) is 61.7 Å². The number of nitrogens with two attached hydrogens (primary N) is 1. The zero-order chi connectivity index (χ0) is 18.9. The van der Waals surface area contributed by atoms with Gasteiger partial charge in [-0.1, -0.05) is 51.5 Å². The molecule has 26 heavy (non-hydrogen) atoms. The number of nitrogens with zero attached hydrogens (tertiary/aromatic N) is 1. The number of anilines is 1. The summed E-state index contributed by atoms with van der Waals surface area (Å²) in [4.78, 5) is 12.3. The number of rotatable bonds is 9. The molecule has 0 saturated heterocycles. The Morgan fingerprint density at radius 1 is 1.27 bits per heavy atom. The first-order valence-electron chi connectivity index (χ1n) is 9.24. The number of quaternary nitrogens is 1. The molecule has 0 aliphatic carbocycles. The van der Waals surface area contributed by atoms with E-state index in [-0.39, 0.29) is 11.9 Å². The normalized spacial score (nSPS) is 12.0. The number of hydrogen-bond acceptors (Lipinski definition) is 3. The average molecular weight is 371 g/mol. The zero-order valence-corrected chi connectivity index (χ0v) is 16.6. The van der Waals surface area contributed by atoms with Gasteiger partial charge in [0.05, 0.1) is 5.56 Å². The van der Waals surface area contributed by atoms with Crippen molar-refractivity contribution < 1.29 is 10.1 Å². The summed E-state index contributed by atoms with van der Waals surface area (Å²) in [5.74, 6) is 0.342. The van der Waals surface area contributed by atoms with Crippen LogP contribution in [-0.4, -0.2) is 12.5 Å². The van der Waals surface area contributed by atoms with E-state index in [4.69, 9.17) is 5.26 Å². The van der Waals surface area contributed by atoms with Gasteiger partial charge in [0.15, 0.2) is 6.54 Å². The van der Waals surface area contributed by atoms with Crippen LogP contribution in [0.15, 0.2) is 35.7 Å². The van der Waals surface area contributed by atoms with Gasteiger partial charge >= 0.3 is 0 Å². The van der Waals surface area contributed by atoms with Crippen molar-refractivity contribution in [1.29, 1.82) is 5.26 Å². The van der Waals surface area contributed by atoms with Crippen LogP contribution < -0.4 is 10.6 Å². The third-order valence-corrected chi connectivity index (χ3v) is 5.33. The summed E-state index contributed by atoms with van der Waals surface area (Å²) in [7, 11) is 0. The first-order valence-corrected chi connectivity index (χ1v) is 10.1. The maximum absolute atomic E-state index is 12.3. The molecule has 3 N–H and O–H groups in total. The fourth-order valence-corrected chi connectivity index (χ4v) is 3.74. The van der Waals surface area contributed by atoms with Crippen LogP contribution in [0.4, 0.5) is 5.00 Å². The highest BCUT2D eigenvalue weighted by Gasteiger charge is 2.21. The van der Waals surface area contributed by atoms with Crippen molar-refractivity contribution in [2.75, 3.05) is 11.9 Å². The Hall–Kier alpha value is -2.16. The molecule has 1 amide bonds. The number of amides is 1. The first-order chi connectivity index (χ1) is 12.5. The van der Waals surface area contributed by atoms with E-state index in [0.717, 1.165) is 6.42 Å². The lowest BCUT2D eigenvalue weighted by atomic mass is 9.94. The van der Waals surface area contributed by atoms with Gasteiger partial charge < -0.3 is 10.6 Å². The topological polar surface area (TPSA) is 69.5 Å². The third-order valence-electron chi connectivity index (χ3n) is 4.50. The monoisotopic (exact) mass is 370 g/mol. The molecule has 1 aromatic carbocycles. The Morgan fingerprint density at radius 3 is 2.62 bits per heavy atom. The van der Waals surface area contributed by atoms with Crippen LogP contribution in [0, 0.1) is 17.2 Å². The minimum atomic E-state index is -0.0748. The number of thiophene rings is 1. The van der Waals surface area contributed by atoms with Gasteiger partial charge in [-0.05, 0) is 29.9 Å². The van der Waals surface area contributed by atoms with E-state index in [9.17, 15) is 4.79 Å². The summed E-state index contributed by atoms with van der Waals surface area (Å²) in [6, 6.07) is 12.9. The molecule has 1 atom stereocenters. The minimum Gasteiger partial charge on any atom is -0.332 e. The average Bonchev–Trinajstić information content (AvgIpc) is 3.07. The molecule has 2 rings (SSSR count). The number of carbonyl (C=O) groups excluding carboxylic acids is 1. The highest BCUT2D eigenvalue weighted by molar-refractivity contribution is 7.14. The summed E-state index contributed by atoms with van der Waals surface area (Å²) in [5.41, 5.74) is 3.14. The summed E-state index contributed by atoms with van der Waals surface area (Å²) in [5, 5.41) is 16.4. The summed E-state index contributed by atoms with van der Waals surface area (Å²) in [6.07, 6.45) is 3.54. The lowest BCUT2D eigenvalue weighted by molar-refractivity contribution is -0.692. The van der Waals surface area contributed by atoms with Crippen LogP contribution in [0.1, 0.15) is 56.3 Å². The van der Waals surface area contributed by atoms with Crippen molar-refractivity contribution in [2.45, 2.75) is 46.1 Å². The van der Waals surface area contributed by atoms with E-state index in [1.165, 1.54) is 35.3 Å². The second kappa shape index (κ2) is 10.1. The predicted octanol–water partition coefficient (Wildman–Crippen LogP) is 3.86. The highest BCUT2D eigenvalue weighted by Crippen LogP contribution is 2.22. The van der Waals surface area contributed by atoms with Crippen molar-refractivity contribution in [3.8, 4) is 6.07 Å². The van der Waals surface area contributed by atoms with E-state index >= 15 is 0 Å². The number of nitrogens with one attached hydrogen (secondary N) is 1. The summed E-state index contributed by atoms with van der Waals surface area (Å²) in [6.45, 7) is 6.90. The number of unbranched alkanes of at least 4 members (excludes halogenated alkanes) is 1. The molecule has 0 saturated carbocycles. The molecule has 138 valence electrons. The fraction of sp³-hybridized carbons (Fsp3) is 0.429. The van der Waals surface area contributed by atoms with Crippen LogP contribution in [-0.2, 0) is 11.2 Å². The molecule has 5 heteroatoms. The summed E-state index contributed by atoms with van der Waals surface area (Å²) >= 11 is 1.38. The number of hydrogen-bond donors (Lipinski definition) is 2. The van der Waals surface area contributed by atoms with E-state index in [1.54, 1.807) is 6.07 Å². The molecule has 0 bridgehead atoms. The Kier molecular flexibility index (Phi) is 7.83. The van der Waals surface area contributed by atoms with Crippen LogP contribution in [0.5, 0.6) is 0 Å². The molecule has 0 unspecified atom stereocenters. The largest absolute Gasteiger partial charge is 0.332 e. The molecule has 0 fully saturated rings. The molecule has 2 aromatic rings. The lowest BCUT2D eigenvalue weighted by Crippen LogP contribution is -2.88. The van der Waals surface area contributed by atoms with E-state index in [0.29, 0.717) is 23.0 Å². The zero-order valence-electron chi connectivity index (χ0n) is 15.8. The number of benzene rings is 1. The molecular formula is C21H28N3OS+. The Bertz CT molecular complexity index is 743. The Morgan fingerprint density at radius 2 is 2.00 bits per heavy atom. The van der Waals surface area contributed by atoms with Crippen molar-refractivity contribution in [3.63, 3.8) is 0 Å². The molecule has 4 nitrogen and oxygen atoms in total. The van der Waals surface area contributed by atoms with E-state index in [1.807, 2.05) is 5.38 Å². The lowest BCUT2D eigenvalue weighted by Gasteiger charge is -2.19. The van der Waals surface area contributed by atoms with Crippen molar-refractivity contribution in [2.24, 2.45) is 5.92 Å². The Balaban J connectivity index is 1.95. The fourth-order valence-electron chi connectivity index (χ4n) is 2.99. The van der Waals surface area contributed by atoms with Gasteiger partial charge in [-0.25, -0.2) is 0 Å². The van der Waals surface area contributed by atoms with Gasteiger partial charge in [-0.2, -0.15) is 5.26 Å². The van der Waals surface area contributed by atoms with Gasteiger partial charge in [0, 0.05) is 11.5 Å². The second-order valence-electron chi connectivity index (χ2n) is 6.88. The third kappa shape index (κ3) is 5.69. The van der Waals surface area contributed by atoms with Gasteiger partial charge in [0.25, 0.3) is 5.91 Å². The van der Waals surface area contributed by atoms with Gasteiger partial charge in [-0.15, -0.1) is 11.3 Å². The molecular weight excluding hydrogens is 342 g/mol. The van der Waals surface area contributed by atoms with Gasteiger partial charge in [0.1, 0.15) is 17.1 Å². The number of nitriles is 1. The van der Waals surface area contributed by atoms with Crippen molar-refractivity contribution in [3.05, 3.63) is 52.4 Å². The van der Waals surface area contributed by atoms with Gasteiger partial charge in [0.2, 0.25) is 0 Å². The predicted molar refractivity (Wildman–Crippen MR) is 107 cm³/mol. The molecule has 1 aromatic heterocycles. The number of aryl methyl sites for hydroxylation is 1. The molecule has 0 spiro atoms. The van der Waals surface area contributed by atoms with E-state index < -0.39 is 0 Å². The smallest absolute Gasteiger partial charge is 0.280 e.